The first kappa shape index (κ1) is 19.3. The van der Waals surface area contributed by atoms with E-state index in [2.05, 4.69) is 5.32 Å². The van der Waals surface area contributed by atoms with Gasteiger partial charge in [-0.2, -0.15) is 4.31 Å². The van der Waals surface area contributed by atoms with E-state index in [0.29, 0.717) is 13.1 Å². The number of nitrogens with one attached hydrogen (secondary N) is 1. The third-order valence-electron chi connectivity index (χ3n) is 5.36. The van der Waals surface area contributed by atoms with Crippen LogP contribution in [0.4, 0.5) is 4.39 Å². The van der Waals surface area contributed by atoms with Crippen molar-refractivity contribution in [3.05, 3.63) is 30.1 Å². The highest BCUT2D eigenvalue weighted by atomic mass is 32.2. The van der Waals surface area contributed by atoms with Crippen molar-refractivity contribution < 1.29 is 17.6 Å². The minimum Gasteiger partial charge on any atom is -0.352 e. The van der Waals surface area contributed by atoms with Gasteiger partial charge < -0.3 is 5.32 Å². The number of hydrogen-bond acceptors (Lipinski definition) is 4. The number of amides is 1. The van der Waals surface area contributed by atoms with E-state index in [-0.39, 0.29) is 36.0 Å². The first-order chi connectivity index (χ1) is 12.4. The minimum absolute atomic E-state index is 0.00214. The lowest BCUT2D eigenvalue weighted by atomic mass is 10.2. The van der Waals surface area contributed by atoms with Gasteiger partial charge >= 0.3 is 0 Å². The predicted octanol–water partition coefficient (Wildman–Crippen LogP) is 1.58. The average Bonchev–Trinajstić information content (AvgIpc) is 3.14. The van der Waals surface area contributed by atoms with E-state index in [1.165, 1.54) is 22.5 Å². The first-order valence-corrected chi connectivity index (χ1v) is 10.6. The van der Waals surface area contributed by atoms with Crippen molar-refractivity contribution in [2.24, 2.45) is 0 Å². The van der Waals surface area contributed by atoms with Crippen LogP contribution < -0.4 is 5.32 Å². The van der Waals surface area contributed by atoms with Gasteiger partial charge in [-0.3, -0.25) is 9.69 Å². The van der Waals surface area contributed by atoms with Gasteiger partial charge in [-0.25, -0.2) is 12.8 Å². The highest BCUT2D eigenvalue weighted by molar-refractivity contribution is 7.89. The number of sulfonamides is 1. The molecule has 8 heteroatoms. The van der Waals surface area contributed by atoms with Gasteiger partial charge in [0.25, 0.3) is 0 Å². The Balaban J connectivity index is 1.58. The first-order valence-electron chi connectivity index (χ1n) is 9.18. The number of nitrogens with zero attached hydrogens (tertiary/aromatic N) is 2. The summed E-state index contributed by atoms with van der Waals surface area (Å²) in [6.07, 6.45) is 4.39. The summed E-state index contributed by atoms with van der Waals surface area (Å²) in [5.74, 6) is -0.735. The molecule has 0 aromatic heterocycles. The Morgan fingerprint density at radius 3 is 2.38 bits per heavy atom. The lowest BCUT2D eigenvalue weighted by Crippen LogP contribution is -2.55. The normalized spacial score (nSPS) is 21.6. The Morgan fingerprint density at radius 1 is 1.15 bits per heavy atom. The van der Waals surface area contributed by atoms with Gasteiger partial charge in [0.05, 0.1) is 6.04 Å². The molecule has 1 amide bonds. The fraction of sp³-hybridized carbons (Fsp3) is 0.611. The molecule has 0 bridgehead atoms. The third-order valence-corrected chi connectivity index (χ3v) is 7.29. The number of piperazine rings is 1. The molecule has 0 radical (unpaired) electrons. The molecule has 1 aliphatic carbocycles. The number of carbonyl (C=O) groups excluding carboxylic acids is 1. The van der Waals surface area contributed by atoms with Crippen molar-refractivity contribution in [2.75, 3.05) is 26.2 Å². The van der Waals surface area contributed by atoms with Crippen molar-refractivity contribution >= 4 is 15.9 Å². The number of carbonyl (C=O) groups is 1. The number of rotatable bonds is 5. The van der Waals surface area contributed by atoms with Crippen LogP contribution in [0.25, 0.3) is 0 Å². The zero-order valence-corrected chi connectivity index (χ0v) is 15.8. The number of hydrogen-bond donors (Lipinski definition) is 1. The second kappa shape index (κ2) is 8.02. The molecule has 1 aliphatic heterocycles. The van der Waals surface area contributed by atoms with E-state index in [4.69, 9.17) is 0 Å². The van der Waals surface area contributed by atoms with E-state index in [1.54, 1.807) is 0 Å². The van der Waals surface area contributed by atoms with Crippen molar-refractivity contribution in [1.82, 2.24) is 14.5 Å². The van der Waals surface area contributed by atoms with Gasteiger partial charge in [-0.05, 0) is 31.9 Å². The molecule has 1 N–H and O–H groups in total. The van der Waals surface area contributed by atoms with Gasteiger partial charge in [0.2, 0.25) is 15.9 Å². The van der Waals surface area contributed by atoms with Gasteiger partial charge in [-0.15, -0.1) is 0 Å². The fourth-order valence-corrected chi connectivity index (χ4v) is 5.17. The zero-order chi connectivity index (χ0) is 18.7. The SMILES string of the molecule is C[C@@H](C(=O)NC1CCCC1)N1CCN(S(=O)(=O)c2ccccc2F)CC1. The standard InChI is InChI=1S/C18H26FN3O3S/c1-14(18(23)20-15-6-2-3-7-15)21-10-12-22(13-11-21)26(24,25)17-9-5-4-8-16(17)19/h4-5,8-9,14-15H,2-3,6-7,10-13H2,1H3,(H,20,23)/t14-/m0/s1. The fourth-order valence-electron chi connectivity index (χ4n) is 3.68. The highest BCUT2D eigenvalue weighted by Gasteiger charge is 2.33. The second-order valence-electron chi connectivity index (χ2n) is 7.04. The summed E-state index contributed by atoms with van der Waals surface area (Å²) in [6.45, 7) is 3.25. The molecular weight excluding hydrogens is 357 g/mol. The predicted molar refractivity (Wildman–Crippen MR) is 96.6 cm³/mol. The van der Waals surface area contributed by atoms with Crippen LogP contribution >= 0.6 is 0 Å². The molecule has 2 fully saturated rings. The molecular formula is C18H26FN3O3S. The topological polar surface area (TPSA) is 69.7 Å². The van der Waals surface area contributed by atoms with Crippen LogP contribution in [0.15, 0.2) is 29.2 Å². The molecule has 1 saturated heterocycles. The van der Waals surface area contributed by atoms with Crippen LogP contribution in [0.1, 0.15) is 32.6 Å². The maximum absolute atomic E-state index is 13.9. The lowest BCUT2D eigenvalue weighted by Gasteiger charge is -2.37. The number of benzene rings is 1. The smallest absolute Gasteiger partial charge is 0.246 e. The maximum Gasteiger partial charge on any atom is 0.246 e. The molecule has 1 heterocycles. The Bertz CT molecular complexity index is 742. The molecule has 144 valence electrons. The van der Waals surface area contributed by atoms with Crippen LogP contribution in [-0.4, -0.2) is 61.8 Å². The second-order valence-corrected chi connectivity index (χ2v) is 8.94. The summed E-state index contributed by atoms with van der Waals surface area (Å²) in [6, 6.07) is 5.40. The monoisotopic (exact) mass is 383 g/mol. The molecule has 26 heavy (non-hydrogen) atoms. The summed E-state index contributed by atoms with van der Waals surface area (Å²) in [5.41, 5.74) is 0. The average molecular weight is 383 g/mol. The molecule has 6 nitrogen and oxygen atoms in total. The van der Waals surface area contributed by atoms with Gasteiger partial charge in [0.1, 0.15) is 10.7 Å². The molecule has 3 rings (SSSR count). The van der Waals surface area contributed by atoms with E-state index < -0.39 is 15.8 Å². The summed E-state index contributed by atoms with van der Waals surface area (Å²) in [7, 11) is -3.85. The zero-order valence-electron chi connectivity index (χ0n) is 15.0. The van der Waals surface area contributed by atoms with E-state index in [0.717, 1.165) is 31.7 Å². The summed E-state index contributed by atoms with van der Waals surface area (Å²) >= 11 is 0. The van der Waals surface area contributed by atoms with Crippen molar-refractivity contribution in [1.29, 1.82) is 0 Å². The third kappa shape index (κ3) is 4.07. The van der Waals surface area contributed by atoms with Crippen molar-refractivity contribution in [3.63, 3.8) is 0 Å². The molecule has 1 aromatic carbocycles. The van der Waals surface area contributed by atoms with E-state index >= 15 is 0 Å². The maximum atomic E-state index is 13.9. The van der Waals surface area contributed by atoms with Crippen LogP contribution in [0.3, 0.4) is 0 Å². The van der Waals surface area contributed by atoms with E-state index in [9.17, 15) is 17.6 Å². The Kier molecular flexibility index (Phi) is 5.94. The molecule has 0 spiro atoms. The van der Waals surface area contributed by atoms with Gasteiger partial charge in [0, 0.05) is 32.2 Å². The summed E-state index contributed by atoms with van der Waals surface area (Å²) in [5, 5.41) is 3.09. The van der Waals surface area contributed by atoms with Crippen LogP contribution in [-0.2, 0) is 14.8 Å². The van der Waals surface area contributed by atoms with Gasteiger partial charge in [0.15, 0.2) is 0 Å². The largest absolute Gasteiger partial charge is 0.352 e. The minimum atomic E-state index is -3.85. The van der Waals surface area contributed by atoms with Crippen LogP contribution in [0, 0.1) is 5.82 Å². The summed E-state index contributed by atoms with van der Waals surface area (Å²) in [4.78, 5) is 14.1. The highest BCUT2D eigenvalue weighted by Crippen LogP contribution is 2.21. The quantitative estimate of drug-likeness (QED) is 0.838. The Morgan fingerprint density at radius 2 is 1.77 bits per heavy atom. The molecule has 1 saturated carbocycles. The summed E-state index contributed by atoms with van der Waals surface area (Å²) < 4.78 is 40.4. The van der Waals surface area contributed by atoms with Crippen LogP contribution in [0.5, 0.6) is 0 Å². The molecule has 1 aromatic rings. The lowest BCUT2D eigenvalue weighted by molar-refractivity contribution is -0.127. The molecule has 0 unspecified atom stereocenters. The van der Waals surface area contributed by atoms with Crippen molar-refractivity contribution in [2.45, 2.75) is 49.6 Å². The van der Waals surface area contributed by atoms with Crippen molar-refractivity contribution in [3.8, 4) is 0 Å². The van der Waals surface area contributed by atoms with Gasteiger partial charge in [-0.1, -0.05) is 25.0 Å². The van der Waals surface area contributed by atoms with E-state index in [1.807, 2.05) is 11.8 Å². The van der Waals surface area contributed by atoms with Crippen LogP contribution in [0.2, 0.25) is 0 Å². The molecule has 1 atom stereocenters. The molecule has 2 aliphatic rings. The Hall–Kier alpha value is -1.51. The number of halogens is 1. The Labute approximate surface area is 154 Å².